The first kappa shape index (κ1) is 12.4. The van der Waals surface area contributed by atoms with Gasteiger partial charge in [0.2, 0.25) is 11.9 Å². The van der Waals surface area contributed by atoms with Crippen molar-refractivity contribution in [2.24, 2.45) is 5.73 Å². The molecule has 0 radical (unpaired) electrons. The molecule has 1 aromatic heterocycles. The van der Waals surface area contributed by atoms with Crippen molar-refractivity contribution in [3.05, 3.63) is 0 Å². The van der Waals surface area contributed by atoms with E-state index in [9.17, 15) is 0 Å². The second-order valence-electron chi connectivity index (χ2n) is 3.64. The molecule has 0 fully saturated rings. The molecule has 7 heteroatoms. The number of aromatic nitrogens is 3. The van der Waals surface area contributed by atoms with Crippen LogP contribution in [-0.4, -0.2) is 56.3 Å². The van der Waals surface area contributed by atoms with Crippen molar-refractivity contribution in [1.82, 2.24) is 15.0 Å². The third-order valence-electron chi connectivity index (χ3n) is 1.74. The van der Waals surface area contributed by atoms with Gasteiger partial charge in [0.15, 0.2) is 0 Å². The molecule has 0 aliphatic rings. The summed E-state index contributed by atoms with van der Waals surface area (Å²) >= 11 is 0. The van der Waals surface area contributed by atoms with E-state index in [-0.39, 0.29) is 0 Å². The molecule has 1 rings (SSSR count). The fraction of sp³-hybridized carbons (Fsp3) is 0.667. The van der Waals surface area contributed by atoms with Crippen molar-refractivity contribution >= 4 is 11.9 Å². The molecular formula is C9H18N6O. The summed E-state index contributed by atoms with van der Waals surface area (Å²) < 4.78 is 5.30. The molecule has 7 nitrogen and oxygen atoms in total. The van der Waals surface area contributed by atoms with Crippen LogP contribution < -0.4 is 20.3 Å². The summed E-state index contributed by atoms with van der Waals surface area (Å²) in [6.07, 6.45) is 0. The Morgan fingerprint density at radius 2 is 1.50 bits per heavy atom. The highest BCUT2D eigenvalue weighted by Gasteiger charge is 2.09. The average molecular weight is 226 g/mol. The van der Waals surface area contributed by atoms with Crippen molar-refractivity contribution in [3.8, 4) is 6.01 Å². The predicted octanol–water partition coefficient (Wildman–Crippen LogP) is -0.659. The zero-order valence-corrected chi connectivity index (χ0v) is 10.1. The van der Waals surface area contributed by atoms with E-state index in [1.807, 2.05) is 28.2 Å². The van der Waals surface area contributed by atoms with Crippen LogP contribution in [0.2, 0.25) is 0 Å². The van der Waals surface area contributed by atoms with Crippen LogP contribution >= 0.6 is 0 Å². The first-order chi connectivity index (χ1) is 7.54. The van der Waals surface area contributed by atoms with E-state index < -0.39 is 0 Å². The molecule has 0 aromatic carbocycles. The van der Waals surface area contributed by atoms with E-state index >= 15 is 0 Å². The van der Waals surface area contributed by atoms with E-state index in [1.165, 1.54) is 0 Å². The highest BCUT2D eigenvalue weighted by atomic mass is 16.5. The Kier molecular flexibility index (Phi) is 4.24. The molecule has 0 saturated carbocycles. The Morgan fingerprint density at radius 3 is 1.88 bits per heavy atom. The van der Waals surface area contributed by atoms with Crippen molar-refractivity contribution < 1.29 is 4.74 Å². The zero-order valence-electron chi connectivity index (χ0n) is 10.1. The normalized spacial score (nSPS) is 10.1. The van der Waals surface area contributed by atoms with Gasteiger partial charge in [0.1, 0.15) is 6.61 Å². The van der Waals surface area contributed by atoms with Gasteiger partial charge >= 0.3 is 6.01 Å². The minimum Gasteiger partial charge on any atom is -0.462 e. The lowest BCUT2D eigenvalue weighted by Crippen LogP contribution is -2.20. The topological polar surface area (TPSA) is 80.4 Å². The van der Waals surface area contributed by atoms with Crippen molar-refractivity contribution in [2.45, 2.75) is 0 Å². The van der Waals surface area contributed by atoms with E-state index in [0.717, 1.165) is 0 Å². The van der Waals surface area contributed by atoms with Gasteiger partial charge in [-0.3, -0.25) is 0 Å². The van der Waals surface area contributed by atoms with Gasteiger partial charge < -0.3 is 20.3 Å². The van der Waals surface area contributed by atoms with Crippen LogP contribution in [0.25, 0.3) is 0 Å². The van der Waals surface area contributed by atoms with E-state index in [4.69, 9.17) is 10.5 Å². The largest absolute Gasteiger partial charge is 0.462 e. The molecule has 0 bridgehead atoms. The summed E-state index contributed by atoms with van der Waals surface area (Å²) in [5, 5.41) is 0. The lowest BCUT2D eigenvalue weighted by Gasteiger charge is -2.15. The lowest BCUT2D eigenvalue weighted by molar-refractivity contribution is 0.301. The number of anilines is 2. The monoisotopic (exact) mass is 226 g/mol. The summed E-state index contributed by atoms with van der Waals surface area (Å²) in [5.41, 5.74) is 5.36. The second-order valence-corrected chi connectivity index (χ2v) is 3.64. The summed E-state index contributed by atoms with van der Waals surface area (Å²) in [4.78, 5) is 16.2. The van der Waals surface area contributed by atoms with Gasteiger partial charge in [-0.2, -0.15) is 15.0 Å². The maximum absolute atomic E-state index is 5.36. The summed E-state index contributed by atoms with van der Waals surface area (Å²) in [7, 11) is 7.45. The van der Waals surface area contributed by atoms with Crippen LogP contribution in [0.15, 0.2) is 0 Å². The Morgan fingerprint density at radius 1 is 1.00 bits per heavy atom. The Bertz CT molecular complexity index is 315. The minimum atomic E-state index is 0.299. The van der Waals surface area contributed by atoms with Crippen LogP contribution in [0.3, 0.4) is 0 Å². The molecule has 0 spiro atoms. The number of nitrogens with two attached hydrogens (primary N) is 1. The van der Waals surface area contributed by atoms with Crippen LogP contribution in [0.4, 0.5) is 11.9 Å². The summed E-state index contributed by atoms with van der Waals surface area (Å²) in [5.74, 6) is 1.12. The van der Waals surface area contributed by atoms with Crippen molar-refractivity contribution in [1.29, 1.82) is 0 Å². The molecule has 16 heavy (non-hydrogen) atoms. The molecule has 90 valence electrons. The molecule has 0 atom stereocenters. The van der Waals surface area contributed by atoms with Gasteiger partial charge in [-0.15, -0.1) is 0 Å². The van der Waals surface area contributed by atoms with Gasteiger partial charge in [0, 0.05) is 34.7 Å². The van der Waals surface area contributed by atoms with Crippen molar-refractivity contribution in [3.63, 3.8) is 0 Å². The maximum atomic E-state index is 5.36. The first-order valence-electron chi connectivity index (χ1n) is 4.98. The molecule has 1 aromatic rings. The summed E-state index contributed by atoms with van der Waals surface area (Å²) in [6.45, 7) is 0.823. The molecule has 0 amide bonds. The maximum Gasteiger partial charge on any atom is 0.323 e. The van der Waals surface area contributed by atoms with Gasteiger partial charge in [-0.05, 0) is 0 Å². The van der Waals surface area contributed by atoms with E-state index in [0.29, 0.717) is 31.1 Å². The van der Waals surface area contributed by atoms with Gasteiger partial charge in [-0.1, -0.05) is 0 Å². The lowest BCUT2D eigenvalue weighted by atomic mass is 10.7. The molecular weight excluding hydrogens is 208 g/mol. The SMILES string of the molecule is CN(C)c1nc(OCCN)nc(N(C)C)n1. The first-order valence-corrected chi connectivity index (χ1v) is 4.98. The molecule has 0 aliphatic heterocycles. The third-order valence-corrected chi connectivity index (χ3v) is 1.74. The molecule has 0 saturated heterocycles. The van der Waals surface area contributed by atoms with Crippen LogP contribution in [-0.2, 0) is 0 Å². The minimum absolute atomic E-state index is 0.299. The standard InChI is InChI=1S/C9H18N6O/c1-14(2)7-11-8(15(3)4)13-9(12-7)16-6-5-10/h5-6,10H2,1-4H3. The second kappa shape index (κ2) is 5.45. The van der Waals surface area contributed by atoms with Crippen LogP contribution in [0, 0.1) is 0 Å². The van der Waals surface area contributed by atoms with Gasteiger partial charge in [0.25, 0.3) is 0 Å². The highest BCUT2D eigenvalue weighted by molar-refractivity contribution is 5.37. The predicted molar refractivity (Wildman–Crippen MR) is 63.0 cm³/mol. The quantitative estimate of drug-likeness (QED) is 0.714. The van der Waals surface area contributed by atoms with Crippen molar-refractivity contribution in [2.75, 3.05) is 51.1 Å². The summed E-state index contributed by atoms with van der Waals surface area (Å²) in [6, 6.07) is 0.299. The zero-order chi connectivity index (χ0) is 12.1. The fourth-order valence-electron chi connectivity index (χ4n) is 0.950. The van der Waals surface area contributed by atoms with E-state index in [2.05, 4.69) is 15.0 Å². The average Bonchev–Trinajstić information content (AvgIpc) is 2.25. The third kappa shape index (κ3) is 3.20. The number of rotatable bonds is 5. The van der Waals surface area contributed by atoms with Gasteiger partial charge in [-0.25, -0.2) is 0 Å². The van der Waals surface area contributed by atoms with Crippen LogP contribution in [0.1, 0.15) is 0 Å². The highest BCUT2D eigenvalue weighted by Crippen LogP contribution is 2.14. The molecule has 0 aliphatic carbocycles. The van der Waals surface area contributed by atoms with E-state index in [1.54, 1.807) is 9.80 Å². The number of nitrogens with zero attached hydrogens (tertiary/aromatic N) is 5. The Labute approximate surface area is 95.3 Å². The molecule has 2 N–H and O–H groups in total. The van der Waals surface area contributed by atoms with Crippen LogP contribution in [0.5, 0.6) is 6.01 Å². The molecule has 1 heterocycles. The number of hydrogen-bond acceptors (Lipinski definition) is 7. The van der Waals surface area contributed by atoms with Gasteiger partial charge in [0.05, 0.1) is 0 Å². The Balaban J connectivity index is 2.99. The fourth-order valence-corrected chi connectivity index (χ4v) is 0.950. The Hall–Kier alpha value is -1.63. The smallest absolute Gasteiger partial charge is 0.323 e. The number of hydrogen-bond donors (Lipinski definition) is 1. The molecule has 0 unspecified atom stereocenters. The number of ether oxygens (including phenoxy) is 1.